The molecule has 1 amide bonds. The Morgan fingerprint density at radius 2 is 1.87 bits per heavy atom. The van der Waals surface area contributed by atoms with Gasteiger partial charge in [0, 0.05) is 20.1 Å². The molecule has 15 heavy (non-hydrogen) atoms. The Morgan fingerprint density at radius 3 is 2.40 bits per heavy atom. The summed E-state index contributed by atoms with van der Waals surface area (Å²) in [5.74, 6) is 0.349. The Hall–Kier alpha value is -0.610. The van der Waals surface area contributed by atoms with E-state index in [0.717, 1.165) is 12.8 Å². The van der Waals surface area contributed by atoms with Crippen LogP contribution in [0.3, 0.4) is 0 Å². The molecule has 0 unspecified atom stereocenters. The van der Waals surface area contributed by atoms with Gasteiger partial charge in [-0.1, -0.05) is 19.3 Å². The van der Waals surface area contributed by atoms with Gasteiger partial charge in [0.2, 0.25) is 5.91 Å². The van der Waals surface area contributed by atoms with Crippen molar-refractivity contribution in [3.63, 3.8) is 0 Å². The number of hydrogen-bond donors (Lipinski definition) is 1. The maximum Gasteiger partial charge on any atom is 0.223 e. The molecular formula is C11H21NO3. The molecule has 0 saturated heterocycles. The molecule has 4 nitrogen and oxygen atoms in total. The van der Waals surface area contributed by atoms with Crippen molar-refractivity contribution < 1.29 is 14.3 Å². The number of hydrogen-bond acceptors (Lipinski definition) is 3. The SMILES string of the molecule is COC(CNC(=O)C1CCCCC1)OC. The van der Waals surface area contributed by atoms with E-state index in [0.29, 0.717) is 6.54 Å². The lowest BCUT2D eigenvalue weighted by Gasteiger charge is -2.22. The molecule has 0 aromatic carbocycles. The van der Waals surface area contributed by atoms with Gasteiger partial charge in [-0.15, -0.1) is 0 Å². The van der Waals surface area contributed by atoms with Crippen LogP contribution in [0.25, 0.3) is 0 Å². The van der Waals surface area contributed by atoms with Crippen LogP contribution in [0.1, 0.15) is 32.1 Å². The highest BCUT2D eigenvalue weighted by Gasteiger charge is 2.21. The first-order valence-electron chi connectivity index (χ1n) is 5.61. The molecule has 0 aliphatic heterocycles. The number of methoxy groups -OCH3 is 2. The third-order valence-corrected chi connectivity index (χ3v) is 2.94. The summed E-state index contributed by atoms with van der Waals surface area (Å²) in [4.78, 5) is 11.7. The number of carbonyl (C=O) groups excluding carboxylic acids is 1. The van der Waals surface area contributed by atoms with Crippen molar-refractivity contribution in [1.29, 1.82) is 0 Å². The van der Waals surface area contributed by atoms with E-state index in [2.05, 4.69) is 5.32 Å². The first-order chi connectivity index (χ1) is 7.27. The molecule has 88 valence electrons. The van der Waals surface area contributed by atoms with Crippen LogP contribution in [-0.4, -0.2) is 33.0 Å². The van der Waals surface area contributed by atoms with Crippen LogP contribution in [0.2, 0.25) is 0 Å². The molecule has 0 heterocycles. The van der Waals surface area contributed by atoms with Crippen molar-refractivity contribution in [2.75, 3.05) is 20.8 Å². The average molecular weight is 215 g/mol. The predicted octanol–water partition coefficient (Wildman–Crippen LogP) is 1.30. The van der Waals surface area contributed by atoms with Gasteiger partial charge in [-0.25, -0.2) is 0 Å². The Morgan fingerprint density at radius 1 is 1.27 bits per heavy atom. The molecule has 1 N–H and O–H groups in total. The summed E-state index contributed by atoms with van der Waals surface area (Å²) in [7, 11) is 3.14. The van der Waals surface area contributed by atoms with E-state index in [4.69, 9.17) is 9.47 Å². The van der Waals surface area contributed by atoms with E-state index >= 15 is 0 Å². The molecule has 1 fully saturated rings. The molecule has 4 heteroatoms. The molecule has 1 rings (SSSR count). The standard InChI is InChI=1S/C11H21NO3/c1-14-10(15-2)8-12-11(13)9-6-4-3-5-7-9/h9-10H,3-8H2,1-2H3,(H,12,13). The average Bonchev–Trinajstić information content (AvgIpc) is 2.31. The fraction of sp³-hybridized carbons (Fsp3) is 0.909. The highest BCUT2D eigenvalue weighted by Crippen LogP contribution is 2.23. The number of rotatable bonds is 5. The van der Waals surface area contributed by atoms with Gasteiger partial charge in [-0.3, -0.25) is 4.79 Å². The molecule has 0 aromatic heterocycles. The van der Waals surface area contributed by atoms with Crippen molar-refractivity contribution in [2.45, 2.75) is 38.4 Å². The van der Waals surface area contributed by atoms with E-state index < -0.39 is 0 Å². The lowest BCUT2D eigenvalue weighted by molar-refractivity contribution is -0.131. The predicted molar refractivity (Wildman–Crippen MR) is 57.4 cm³/mol. The number of amides is 1. The van der Waals surface area contributed by atoms with Gasteiger partial charge in [-0.05, 0) is 12.8 Å². The summed E-state index contributed by atoms with van der Waals surface area (Å²) in [6.07, 6.45) is 5.33. The second-order valence-corrected chi connectivity index (χ2v) is 3.98. The molecular weight excluding hydrogens is 194 g/mol. The van der Waals surface area contributed by atoms with Crippen molar-refractivity contribution >= 4 is 5.91 Å². The van der Waals surface area contributed by atoms with E-state index in [1.807, 2.05) is 0 Å². The highest BCUT2D eigenvalue weighted by molar-refractivity contribution is 5.78. The van der Waals surface area contributed by atoms with E-state index in [-0.39, 0.29) is 18.1 Å². The molecule has 1 aliphatic rings. The van der Waals surface area contributed by atoms with Crippen LogP contribution in [-0.2, 0) is 14.3 Å². The third kappa shape index (κ3) is 4.18. The smallest absolute Gasteiger partial charge is 0.223 e. The second kappa shape index (κ2) is 6.80. The zero-order chi connectivity index (χ0) is 11.1. The quantitative estimate of drug-likeness (QED) is 0.703. The van der Waals surface area contributed by atoms with Crippen molar-refractivity contribution in [1.82, 2.24) is 5.32 Å². The van der Waals surface area contributed by atoms with Gasteiger partial charge >= 0.3 is 0 Å². The zero-order valence-corrected chi connectivity index (χ0v) is 9.62. The van der Waals surface area contributed by atoms with Crippen LogP contribution in [0.15, 0.2) is 0 Å². The minimum atomic E-state index is -0.336. The number of ether oxygens (including phenoxy) is 2. The molecule has 0 bridgehead atoms. The summed E-state index contributed by atoms with van der Waals surface area (Å²) in [5, 5.41) is 2.87. The Labute approximate surface area is 91.3 Å². The second-order valence-electron chi connectivity index (χ2n) is 3.98. The Balaban J connectivity index is 2.22. The van der Waals surface area contributed by atoms with Crippen LogP contribution in [0.5, 0.6) is 0 Å². The first kappa shape index (κ1) is 12.5. The zero-order valence-electron chi connectivity index (χ0n) is 9.62. The topological polar surface area (TPSA) is 47.6 Å². The monoisotopic (exact) mass is 215 g/mol. The third-order valence-electron chi connectivity index (χ3n) is 2.94. The Bertz CT molecular complexity index is 186. The normalized spacial score (nSPS) is 18.1. The van der Waals surface area contributed by atoms with Crippen molar-refractivity contribution in [3.05, 3.63) is 0 Å². The molecule has 0 spiro atoms. The lowest BCUT2D eigenvalue weighted by atomic mass is 9.89. The van der Waals surface area contributed by atoms with Gasteiger partial charge in [0.05, 0.1) is 6.54 Å². The van der Waals surface area contributed by atoms with Crippen molar-refractivity contribution in [3.8, 4) is 0 Å². The van der Waals surface area contributed by atoms with Gasteiger partial charge in [0.15, 0.2) is 6.29 Å². The largest absolute Gasteiger partial charge is 0.354 e. The van der Waals surface area contributed by atoms with Gasteiger partial charge in [-0.2, -0.15) is 0 Å². The summed E-state index contributed by atoms with van der Waals surface area (Å²) in [6, 6.07) is 0. The van der Waals surface area contributed by atoms with E-state index in [9.17, 15) is 4.79 Å². The maximum atomic E-state index is 11.7. The number of carbonyl (C=O) groups is 1. The summed E-state index contributed by atoms with van der Waals surface area (Å²) in [6.45, 7) is 0.433. The summed E-state index contributed by atoms with van der Waals surface area (Å²) < 4.78 is 10.0. The molecule has 1 aliphatic carbocycles. The van der Waals surface area contributed by atoms with Crippen LogP contribution in [0, 0.1) is 5.92 Å². The van der Waals surface area contributed by atoms with Crippen LogP contribution >= 0.6 is 0 Å². The Kier molecular flexibility index (Phi) is 5.65. The first-order valence-corrected chi connectivity index (χ1v) is 5.61. The van der Waals surface area contributed by atoms with E-state index in [1.54, 1.807) is 14.2 Å². The van der Waals surface area contributed by atoms with Crippen molar-refractivity contribution in [2.24, 2.45) is 5.92 Å². The van der Waals surface area contributed by atoms with Crippen LogP contribution in [0.4, 0.5) is 0 Å². The highest BCUT2D eigenvalue weighted by atomic mass is 16.7. The fourth-order valence-corrected chi connectivity index (χ4v) is 1.96. The minimum absolute atomic E-state index is 0.147. The fourth-order valence-electron chi connectivity index (χ4n) is 1.96. The lowest BCUT2D eigenvalue weighted by Crippen LogP contribution is -2.38. The molecule has 0 atom stereocenters. The van der Waals surface area contributed by atoms with Crippen LogP contribution < -0.4 is 5.32 Å². The maximum absolute atomic E-state index is 11.7. The molecule has 0 radical (unpaired) electrons. The molecule has 1 saturated carbocycles. The summed E-state index contributed by atoms with van der Waals surface area (Å²) in [5.41, 5.74) is 0. The van der Waals surface area contributed by atoms with Gasteiger partial charge in [0.1, 0.15) is 0 Å². The van der Waals surface area contributed by atoms with E-state index in [1.165, 1.54) is 19.3 Å². The minimum Gasteiger partial charge on any atom is -0.354 e. The molecule has 0 aromatic rings. The van der Waals surface area contributed by atoms with Gasteiger partial charge in [0.25, 0.3) is 0 Å². The summed E-state index contributed by atoms with van der Waals surface area (Å²) >= 11 is 0. The van der Waals surface area contributed by atoms with Gasteiger partial charge < -0.3 is 14.8 Å². The number of nitrogens with one attached hydrogen (secondary N) is 1.